The van der Waals surface area contributed by atoms with Gasteiger partial charge in [-0.15, -0.1) is 0 Å². The highest BCUT2D eigenvalue weighted by Crippen LogP contribution is 2.40. The Bertz CT molecular complexity index is 287. The molecule has 1 aromatic rings. The molecule has 72 valence electrons. The van der Waals surface area contributed by atoms with Crippen molar-refractivity contribution in [1.29, 1.82) is 0 Å². The molecule has 1 aromatic heterocycles. The maximum absolute atomic E-state index is 10.3. The van der Waals surface area contributed by atoms with Gasteiger partial charge >= 0.3 is 0 Å². The van der Waals surface area contributed by atoms with E-state index in [-0.39, 0.29) is 0 Å². The molecule has 0 atom stereocenters. The lowest BCUT2D eigenvalue weighted by Crippen LogP contribution is -2.28. The largest absolute Gasteiger partial charge is 0.465 e. The number of halogens is 1. The van der Waals surface area contributed by atoms with Gasteiger partial charge in [0.15, 0.2) is 0 Å². The molecule has 1 saturated carbocycles. The number of hydrogen-bond donors (Lipinski definition) is 1. The molecule has 0 radical (unpaired) electrons. The van der Waals surface area contributed by atoms with E-state index in [1.165, 1.54) is 6.42 Å². The molecule has 2 rings (SSSR count). The Morgan fingerprint density at radius 2 is 2.00 bits per heavy atom. The van der Waals surface area contributed by atoms with Gasteiger partial charge in [-0.05, 0) is 34.8 Å². The third-order valence-corrected chi connectivity index (χ3v) is 3.35. The molecule has 1 heterocycles. The van der Waals surface area contributed by atoms with Gasteiger partial charge < -0.3 is 9.52 Å². The number of rotatable bonds is 1. The van der Waals surface area contributed by atoms with Crippen LogP contribution in [0.15, 0.2) is 21.2 Å². The molecule has 1 fully saturated rings. The van der Waals surface area contributed by atoms with Crippen molar-refractivity contribution in [2.24, 2.45) is 0 Å². The van der Waals surface area contributed by atoms with E-state index in [0.29, 0.717) is 5.76 Å². The SMILES string of the molecule is OC1(c2occc2Br)CCCCC1. The van der Waals surface area contributed by atoms with Crippen LogP contribution in [0.3, 0.4) is 0 Å². The molecule has 1 aliphatic carbocycles. The van der Waals surface area contributed by atoms with Gasteiger partial charge in [-0.1, -0.05) is 19.3 Å². The van der Waals surface area contributed by atoms with E-state index in [0.717, 1.165) is 30.2 Å². The van der Waals surface area contributed by atoms with E-state index in [9.17, 15) is 5.11 Å². The zero-order valence-electron chi connectivity index (χ0n) is 7.42. The minimum absolute atomic E-state index is 0.701. The highest BCUT2D eigenvalue weighted by Gasteiger charge is 2.35. The third kappa shape index (κ3) is 1.67. The first-order chi connectivity index (χ1) is 6.22. The van der Waals surface area contributed by atoms with Gasteiger partial charge in [0, 0.05) is 0 Å². The molecular formula is C10H13BrO2. The predicted octanol–water partition coefficient (Wildman–Crippen LogP) is 3.19. The molecular weight excluding hydrogens is 232 g/mol. The zero-order chi connectivity index (χ0) is 9.31. The first-order valence-electron chi connectivity index (χ1n) is 4.68. The Hall–Kier alpha value is -0.280. The van der Waals surface area contributed by atoms with Crippen molar-refractivity contribution < 1.29 is 9.52 Å². The second-order valence-corrected chi connectivity index (χ2v) is 4.54. The zero-order valence-corrected chi connectivity index (χ0v) is 9.01. The lowest BCUT2D eigenvalue weighted by Gasteiger charge is -2.30. The van der Waals surface area contributed by atoms with Crippen molar-refractivity contribution in [3.8, 4) is 0 Å². The topological polar surface area (TPSA) is 33.4 Å². The van der Waals surface area contributed by atoms with E-state index >= 15 is 0 Å². The lowest BCUT2D eigenvalue weighted by molar-refractivity contribution is -0.0206. The Kier molecular flexibility index (Phi) is 2.47. The van der Waals surface area contributed by atoms with Crippen molar-refractivity contribution in [2.75, 3.05) is 0 Å². The molecule has 13 heavy (non-hydrogen) atoms. The summed E-state index contributed by atoms with van der Waals surface area (Å²) in [5.74, 6) is 0.701. The summed E-state index contributed by atoms with van der Waals surface area (Å²) in [5.41, 5.74) is -0.722. The monoisotopic (exact) mass is 244 g/mol. The molecule has 3 heteroatoms. The van der Waals surface area contributed by atoms with Crippen LogP contribution in [0.2, 0.25) is 0 Å². The van der Waals surface area contributed by atoms with Crippen LogP contribution in [0.4, 0.5) is 0 Å². The summed E-state index contributed by atoms with van der Waals surface area (Å²) >= 11 is 3.38. The fourth-order valence-corrected chi connectivity index (χ4v) is 2.56. The summed E-state index contributed by atoms with van der Waals surface area (Å²) in [4.78, 5) is 0. The summed E-state index contributed by atoms with van der Waals surface area (Å²) in [5, 5.41) is 10.3. The second kappa shape index (κ2) is 3.46. The van der Waals surface area contributed by atoms with Crippen molar-refractivity contribution in [1.82, 2.24) is 0 Å². The molecule has 0 saturated heterocycles. The molecule has 0 aliphatic heterocycles. The Balaban J connectivity index is 2.27. The van der Waals surface area contributed by atoms with Crippen LogP contribution in [-0.2, 0) is 5.60 Å². The smallest absolute Gasteiger partial charge is 0.149 e. The molecule has 0 bridgehead atoms. The number of hydrogen-bond acceptors (Lipinski definition) is 2. The van der Waals surface area contributed by atoms with Gasteiger partial charge in [0.05, 0.1) is 10.7 Å². The average molecular weight is 245 g/mol. The Labute approximate surface area is 86.1 Å². The van der Waals surface area contributed by atoms with E-state index in [2.05, 4.69) is 15.9 Å². The van der Waals surface area contributed by atoms with Crippen molar-refractivity contribution >= 4 is 15.9 Å². The standard InChI is InChI=1S/C10H13BrO2/c11-8-4-7-13-9(8)10(12)5-2-1-3-6-10/h4,7,12H,1-3,5-6H2. The number of aliphatic hydroxyl groups is 1. The first kappa shape index (κ1) is 9.28. The van der Waals surface area contributed by atoms with Crippen LogP contribution >= 0.6 is 15.9 Å². The first-order valence-corrected chi connectivity index (χ1v) is 5.47. The molecule has 0 spiro atoms. The normalized spacial score (nSPS) is 21.7. The van der Waals surface area contributed by atoms with Crippen LogP contribution in [0, 0.1) is 0 Å². The summed E-state index contributed by atoms with van der Waals surface area (Å²) in [7, 11) is 0. The van der Waals surface area contributed by atoms with Gasteiger partial charge in [-0.25, -0.2) is 0 Å². The molecule has 1 N–H and O–H groups in total. The Morgan fingerprint density at radius 3 is 2.54 bits per heavy atom. The van der Waals surface area contributed by atoms with Crippen LogP contribution < -0.4 is 0 Å². The highest BCUT2D eigenvalue weighted by molar-refractivity contribution is 9.10. The third-order valence-electron chi connectivity index (χ3n) is 2.72. The van der Waals surface area contributed by atoms with Gasteiger partial charge in [-0.2, -0.15) is 0 Å². The molecule has 0 aromatic carbocycles. The average Bonchev–Trinajstić information content (AvgIpc) is 2.53. The van der Waals surface area contributed by atoms with Crippen LogP contribution in [0.5, 0.6) is 0 Å². The van der Waals surface area contributed by atoms with Crippen molar-refractivity contribution in [3.05, 3.63) is 22.6 Å². The van der Waals surface area contributed by atoms with Crippen molar-refractivity contribution in [2.45, 2.75) is 37.7 Å². The van der Waals surface area contributed by atoms with Crippen LogP contribution in [0.1, 0.15) is 37.9 Å². The predicted molar refractivity (Wildman–Crippen MR) is 53.4 cm³/mol. The van der Waals surface area contributed by atoms with E-state index in [1.54, 1.807) is 6.26 Å². The maximum Gasteiger partial charge on any atom is 0.149 e. The minimum Gasteiger partial charge on any atom is -0.465 e. The Morgan fingerprint density at radius 1 is 1.31 bits per heavy atom. The van der Waals surface area contributed by atoms with Gasteiger partial charge in [-0.3, -0.25) is 0 Å². The van der Waals surface area contributed by atoms with Gasteiger partial charge in [0.25, 0.3) is 0 Å². The van der Waals surface area contributed by atoms with E-state index in [1.807, 2.05) is 6.07 Å². The summed E-state index contributed by atoms with van der Waals surface area (Å²) in [6, 6.07) is 1.84. The second-order valence-electron chi connectivity index (χ2n) is 3.69. The van der Waals surface area contributed by atoms with Crippen LogP contribution in [-0.4, -0.2) is 5.11 Å². The quantitative estimate of drug-likeness (QED) is 0.824. The minimum atomic E-state index is -0.722. The lowest BCUT2D eigenvalue weighted by atomic mass is 9.83. The highest BCUT2D eigenvalue weighted by atomic mass is 79.9. The van der Waals surface area contributed by atoms with Crippen LogP contribution in [0.25, 0.3) is 0 Å². The van der Waals surface area contributed by atoms with E-state index in [4.69, 9.17) is 4.42 Å². The fraction of sp³-hybridized carbons (Fsp3) is 0.600. The maximum atomic E-state index is 10.3. The summed E-state index contributed by atoms with van der Waals surface area (Å²) < 4.78 is 6.20. The fourth-order valence-electron chi connectivity index (χ4n) is 1.99. The van der Waals surface area contributed by atoms with E-state index < -0.39 is 5.60 Å². The molecule has 0 amide bonds. The van der Waals surface area contributed by atoms with Crippen molar-refractivity contribution in [3.63, 3.8) is 0 Å². The molecule has 1 aliphatic rings. The molecule has 2 nitrogen and oxygen atoms in total. The summed E-state index contributed by atoms with van der Waals surface area (Å²) in [6.45, 7) is 0. The summed E-state index contributed by atoms with van der Waals surface area (Å²) in [6.07, 6.45) is 6.65. The molecule has 0 unspecified atom stereocenters. The number of furan rings is 1. The van der Waals surface area contributed by atoms with Gasteiger partial charge in [0.1, 0.15) is 11.4 Å². The van der Waals surface area contributed by atoms with Gasteiger partial charge in [0.2, 0.25) is 0 Å².